The highest BCUT2D eigenvalue weighted by atomic mass is 16.6. The molecule has 0 saturated carbocycles. The number of aliphatic carboxylic acids is 2. The van der Waals surface area contributed by atoms with Crippen LogP contribution in [-0.4, -0.2) is 63.4 Å². The van der Waals surface area contributed by atoms with Gasteiger partial charge in [-0.2, -0.15) is 0 Å². The van der Waals surface area contributed by atoms with Gasteiger partial charge in [0.1, 0.15) is 29.0 Å². The average Bonchev–Trinajstić information content (AvgIpc) is 2.79. The van der Waals surface area contributed by atoms with Crippen LogP contribution in [0.25, 0.3) is 0 Å². The van der Waals surface area contributed by atoms with Gasteiger partial charge in [-0.3, -0.25) is 19.2 Å². The lowest BCUT2D eigenvalue weighted by Crippen LogP contribution is -2.41. The summed E-state index contributed by atoms with van der Waals surface area (Å²) < 4.78 is 5.24. The summed E-state index contributed by atoms with van der Waals surface area (Å²) in [5.41, 5.74) is -0.801. The summed E-state index contributed by atoms with van der Waals surface area (Å²) in [6, 6.07) is 0. The third-order valence-electron chi connectivity index (χ3n) is 4.33. The van der Waals surface area contributed by atoms with Crippen molar-refractivity contribution in [1.29, 1.82) is 0 Å². The van der Waals surface area contributed by atoms with E-state index >= 15 is 0 Å². The third kappa shape index (κ3) is 5.03. The van der Waals surface area contributed by atoms with E-state index in [1.807, 2.05) is 0 Å². The number of carbonyl (C=O) groups is 5. The van der Waals surface area contributed by atoms with E-state index in [1.165, 1.54) is 4.90 Å². The number of rotatable bonds is 6. The zero-order chi connectivity index (χ0) is 20.4. The highest BCUT2D eigenvalue weighted by Gasteiger charge is 2.51. The topological polar surface area (TPSA) is 138 Å². The number of carbonyl (C=O) groups excluding carboxylic acids is 3. The SMILES string of the molecule is CC(=O)C(C(=O)O)C1CN(C(=O)OC(C)(C)C)CC1C(C(C)=O)C(=O)O. The van der Waals surface area contributed by atoms with Crippen LogP contribution in [-0.2, 0) is 23.9 Å². The Balaban J connectivity index is 3.26. The van der Waals surface area contributed by atoms with Crippen LogP contribution in [0.2, 0.25) is 0 Å². The van der Waals surface area contributed by atoms with E-state index < -0.39 is 58.9 Å². The normalized spacial score (nSPS) is 22.4. The smallest absolute Gasteiger partial charge is 0.410 e. The van der Waals surface area contributed by atoms with Crippen LogP contribution in [0.5, 0.6) is 0 Å². The molecule has 9 heteroatoms. The van der Waals surface area contributed by atoms with E-state index in [-0.39, 0.29) is 13.1 Å². The molecule has 1 aliphatic heterocycles. The highest BCUT2D eigenvalue weighted by Crippen LogP contribution is 2.37. The molecule has 1 rings (SSSR count). The summed E-state index contributed by atoms with van der Waals surface area (Å²) in [5, 5.41) is 18.8. The van der Waals surface area contributed by atoms with Crippen molar-refractivity contribution in [3.8, 4) is 0 Å². The predicted molar refractivity (Wildman–Crippen MR) is 88.4 cm³/mol. The molecule has 1 amide bonds. The minimum atomic E-state index is -1.51. The molecule has 0 radical (unpaired) electrons. The molecule has 0 aromatic heterocycles. The van der Waals surface area contributed by atoms with Gasteiger partial charge in [0.05, 0.1) is 0 Å². The molecule has 2 N–H and O–H groups in total. The van der Waals surface area contributed by atoms with Crippen LogP contribution in [0.3, 0.4) is 0 Å². The molecule has 0 spiro atoms. The first kappa shape index (κ1) is 21.6. The monoisotopic (exact) mass is 371 g/mol. The molecule has 9 nitrogen and oxygen atoms in total. The van der Waals surface area contributed by atoms with Crippen molar-refractivity contribution < 1.29 is 38.9 Å². The van der Waals surface area contributed by atoms with Gasteiger partial charge in [0, 0.05) is 24.9 Å². The van der Waals surface area contributed by atoms with Gasteiger partial charge >= 0.3 is 18.0 Å². The molecule has 146 valence electrons. The van der Waals surface area contributed by atoms with Crippen molar-refractivity contribution in [2.24, 2.45) is 23.7 Å². The fourth-order valence-electron chi connectivity index (χ4n) is 3.35. The number of likely N-dealkylation sites (tertiary alicyclic amines) is 1. The molecular formula is C17H25NO8. The standard InChI is InChI=1S/C17H25NO8/c1-8(19)12(14(21)22)10-6-18(16(25)26-17(3,4)5)7-11(10)13(9(2)20)15(23)24/h10-13H,6-7H2,1-5H3,(H,21,22)(H,23,24). The van der Waals surface area contributed by atoms with Crippen LogP contribution < -0.4 is 0 Å². The summed E-state index contributed by atoms with van der Waals surface area (Å²) in [6.07, 6.45) is -0.745. The average molecular weight is 371 g/mol. The maximum atomic E-state index is 12.3. The summed E-state index contributed by atoms with van der Waals surface area (Å²) >= 11 is 0. The lowest BCUT2D eigenvalue weighted by molar-refractivity contribution is -0.154. The summed E-state index contributed by atoms with van der Waals surface area (Å²) in [5.74, 6) is -9.15. The lowest BCUT2D eigenvalue weighted by Gasteiger charge is -2.25. The number of ketones is 2. The molecular weight excluding hydrogens is 346 g/mol. The maximum Gasteiger partial charge on any atom is 0.410 e. The van der Waals surface area contributed by atoms with Gasteiger partial charge in [0.2, 0.25) is 0 Å². The Kier molecular flexibility index (Phi) is 6.51. The number of amides is 1. The first-order valence-corrected chi connectivity index (χ1v) is 8.20. The molecule has 4 unspecified atom stereocenters. The van der Waals surface area contributed by atoms with E-state index in [4.69, 9.17) is 4.74 Å². The fraction of sp³-hybridized carbons (Fsp3) is 0.706. The third-order valence-corrected chi connectivity index (χ3v) is 4.33. The second kappa shape index (κ2) is 7.84. The number of carboxylic acid groups (broad SMARTS) is 2. The predicted octanol–water partition coefficient (Wildman–Crippen LogP) is 1.05. The van der Waals surface area contributed by atoms with Crippen molar-refractivity contribution in [3.05, 3.63) is 0 Å². The minimum Gasteiger partial charge on any atom is -0.481 e. The van der Waals surface area contributed by atoms with E-state index in [2.05, 4.69) is 0 Å². The van der Waals surface area contributed by atoms with Crippen molar-refractivity contribution >= 4 is 29.6 Å². The Morgan fingerprint density at radius 2 is 1.23 bits per heavy atom. The van der Waals surface area contributed by atoms with Crippen molar-refractivity contribution in [3.63, 3.8) is 0 Å². The molecule has 1 fully saturated rings. The largest absolute Gasteiger partial charge is 0.481 e. The minimum absolute atomic E-state index is 0.173. The quantitative estimate of drug-likeness (QED) is 0.661. The van der Waals surface area contributed by atoms with E-state index in [0.717, 1.165) is 13.8 Å². The van der Waals surface area contributed by atoms with Gasteiger partial charge in [-0.1, -0.05) is 0 Å². The van der Waals surface area contributed by atoms with Gasteiger partial charge in [-0.15, -0.1) is 0 Å². The fourth-order valence-corrected chi connectivity index (χ4v) is 3.35. The van der Waals surface area contributed by atoms with Crippen LogP contribution in [0, 0.1) is 23.7 Å². The molecule has 0 aliphatic carbocycles. The Morgan fingerprint density at radius 1 is 0.885 bits per heavy atom. The van der Waals surface area contributed by atoms with Gasteiger partial charge < -0.3 is 19.8 Å². The number of carboxylic acids is 2. The molecule has 0 bridgehead atoms. The maximum absolute atomic E-state index is 12.3. The summed E-state index contributed by atoms with van der Waals surface area (Å²) in [7, 11) is 0. The molecule has 0 aromatic carbocycles. The Hall–Kier alpha value is -2.45. The number of Topliss-reactive ketones (excluding diaryl/α,β-unsaturated/α-hetero) is 2. The zero-order valence-corrected chi connectivity index (χ0v) is 15.5. The van der Waals surface area contributed by atoms with Crippen molar-refractivity contribution in [2.75, 3.05) is 13.1 Å². The van der Waals surface area contributed by atoms with Crippen LogP contribution in [0.1, 0.15) is 34.6 Å². The van der Waals surface area contributed by atoms with E-state index in [1.54, 1.807) is 20.8 Å². The molecule has 26 heavy (non-hydrogen) atoms. The summed E-state index contributed by atoms with van der Waals surface area (Å²) in [6.45, 7) is 6.80. The van der Waals surface area contributed by atoms with Gasteiger partial charge in [0.15, 0.2) is 0 Å². The Bertz CT molecular complexity index is 553. The second-order valence-corrected chi connectivity index (χ2v) is 7.57. The van der Waals surface area contributed by atoms with Crippen molar-refractivity contribution in [1.82, 2.24) is 4.90 Å². The van der Waals surface area contributed by atoms with Gasteiger partial charge in [0.25, 0.3) is 0 Å². The lowest BCUT2D eigenvalue weighted by atomic mass is 9.74. The number of ether oxygens (including phenoxy) is 1. The number of hydrogen-bond acceptors (Lipinski definition) is 6. The van der Waals surface area contributed by atoms with Crippen molar-refractivity contribution in [2.45, 2.75) is 40.2 Å². The van der Waals surface area contributed by atoms with Crippen LogP contribution in [0.4, 0.5) is 4.79 Å². The highest BCUT2D eigenvalue weighted by molar-refractivity contribution is 5.99. The molecule has 1 saturated heterocycles. The van der Waals surface area contributed by atoms with E-state index in [9.17, 15) is 34.2 Å². The van der Waals surface area contributed by atoms with Crippen LogP contribution in [0.15, 0.2) is 0 Å². The Morgan fingerprint density at radius 3 is 1.46 bits per heavy atom. The first-order chi connectivity index (χ1) is 11.8. The first-order valence-electron chi connectivity index (χ1n) is 8.20. The van der Waals surface area contributed by atoms with Gasteiger partial charge in [-0.25, -0.2) is 4.79 Å². The number of nitrogens with zero attached hydrogens (tertiary/aromatic N) is 1. The Labute approximate surface area is 151 Å². The van der Waals surface area contributed by atoms with Crippen LogP contribution >= 0.6 is 0 Å². The second-order valence-electron chi connectivity index (χ2n) is 7.57. The summed E-state index contributed by atoms with van der Waals surface area (Å²) in [4.78, 5) is 60.3. The molecule has 0 aromatic rings. The number of hydrogen-bond donors (Lipinski definition) is 2. The molecule has 1 heterocycles. The molecule has 4 atom stereocenters. The zero-order valence-electron chi connectivity index (χ0n) is 15.5. The molecule has 1 aliphatic rings. The van der Waals surface area contributed by atoms with Gasteiger partial charge in [-0.05, 0) is 34.6 Å². The van der Waals surface area contributed by atoms with E-state index in [0.29, 0.717) is 0 Å².